The average Bonchev–Trinajstić information content (AvgIpc) is 2.16. The van der Waals surface area contributed by atoms with Gasteiger partial charge < -0.3 is 10.4 Å². The summed E-state index contributed by atoms with van der Waals surface area (Å²) in [6.45, 7) is 0.193. The average molecular weight is 260 g/mol. The number of nitrogens with one attached hydrogen (secondary N) is 1. The monoisotopic (exact) mass is 259 g/mol. The highest BCUT2D eigenvalue weighted by molar-refractivity contribution is 9.10. The molecule has 1 atom stereocenters. The van der Waals surface area contributed by atoms with Gasteiger partial charge in [0.2, 0.25) is 0 Å². The first kappa shape index (κ1) is 9.37. The molecule has 1 unspecified atom stereocenters. The molecule has 0 spiro atoms. The van der Waals surface area contributed by atoms with Gasteiger partial charge in [0.05, 0.1) is 12.6 Å². The van der Waals surface area contributed by atoms with Crippen molar-refractivity contribution in [1.29, 1.82) is 0 Å². The van der Waals surface area contributed by atoms with Gasteiger partial charge in [-0.1, -0.05) is 15.9 Å². The van der Waals surface area contributed by atoms with Crippen LogP contribution in [0.15, 0.2) is 27.6 Å². The zero-order valence-electron chi connectivity index (χ0n) is 6.96. The Bertz CT molecular complexity index is 318. The minimum atomic E-state index is 0.187. The maximum absolute atomic E-state index is 9.00. The molecule has 0 bridgehead atoms. The summed E-state index contributed by atoms with van der Waals surface area (Å²) in [4.78, 5) is 1.26. The van der Waals surface area contributed by atoms with E-state index in [9.17, 15) is 0 Å². The lowest BCUT2D eigenvalue weighted by molar-refractivity contribution is 0.282. The Kier molecular flexibility index (Phi) is 2.81. The predicted octanol–water partition coefficient (Wildman–Crippen LogP) is 2.33. The Hall–Kier alpha value is -0.190. The number of hydrogen-bond acceptors (Lipinski definition) is 3. The number of benzene rings is 1. The van der Waals surface area contributed by atoms with Gasteiger partial charge in [-0.15, -0.1) is 11.8 Å². The Labute approximate surface area is 89.9 Å². The van der Waals surface area contributed by atoms with Crippen LogP contribution in [0.1, 0.15) is 0 Å². The van der Waals surface area contributed by atoms with Crippen LogP contribution < -0.4 is 5.32 Å². The molecule has 0 aliphatic carbocycles. The molecule has 0 amide bonds. The number of halogens is 1. The van der Waals surface area contributed by atoms with Gasteiger partial charge in [-0.3, -0.25) is 0 Å². The number of hydrogen-bond donors (Lipinski definition) is 2. The van der Waals surface area contributed by atoms with Gasteiger partial charge in [-0.2, -0.15) is 0 Å². The third-order valence-electron chi connectivity index (χ3n) is 1.96. The molecule has 1 aliphatic heterocycles. The molecule has 70 valence electrons. The van der Waals surface area contributed by atoms with E-state index in [0.29, 0.717) is 0 Å². The van der Waals surface area contributed by atoms with Crippen LogP contribution in [-0.2, 0) is 0 Å². The Morgan fingerprint density at radius 3 is 3.23 bits per heavy atom. The second kappa shape index (κ2) is 3.90. The fourth-order valence-electron chi connectivity index (χ4n) is 1.29. The summed E-state index contributed by atoms with van der Waals surface area (Å²) in [5.41, 5.74) is 1.12. The second-order valence-corrected chi connectivity index (χ2v) is 4.95. The number of fused-ring (bicyclic) bond motifs is 1. The molecule has 0 radical (unpaired) electrons. The molecular weight excluding hydrogens is 250 g/mol. The summed E-state index contributed by atoms with van der Waals surface area (Å²) >= 11 is 5.21. The van der Waals surface area contributed by atoms with Crippen molar-refractivity contribution in [2.45, 2.75) is 10.9 Å². The summed E-state index contributed by atoms with van der Waals surface area (Å²) in [6, 6.07) is 6.36. The van der Waals surface area contributed by atoms with Crippen molar-refractivity contribution in [3.8, 4) is 0 Å². The van der Waals surface area contributed by atoms with E-state index < -0.39 is 0 Å². The molecule has 2 N–H and O–H groups in total. The van der Waals surface area contributed by atoms with E-state index in [1.165, 1.54) is 4.90 Å². The number of rotatable bonds is 1. The number of thioether (sulfide) groups is 1. The van der Waals surface area contributed by atoms with Crippen molar-refractivity contribution in [1.82, 2.24) is 0 Å². The highest BCUT2D eigenvalue weighted by atomic mass is 79.9. The topological polar surface area (TPSA) is 32.3 Å². The molecule has 0 saturated heterocycles. The van der Waals surface area contributed by atoms with E-state index in [4.69, 9.17) is 5.11 Å². The van der Waals surface area contributed by atoms with Gasteiger partial charge in [0, 0.05) is 20.8 Å². The molecule has 0 fully saturated rings. The predicted molar refractivity (Wildman–Crippen MR) is 59.4 cm³/mol. The molecule has 2 nitrogen and oxygen atoms in total. The molecule has 1 heterocycles. The standard InChI is InChI=1S/C9H10BrNOS/c10-6-1-2-9-8(3-6)11-7(4-12)5-13-9/h1-3,7,11-12H,4-5H2. The largest absolute Gasteiger partial charge is 0.394 e. The summed E-state index contributed by atoms with van der Waals surface area (Å²) in [6.07, 6.45) is 0. The number of aliphatic hydroxyl groups is 1. The Morgan fingerprint density at radius 2 is 2.46 bits per heavy atom. The molecule has 0 saturated carbocycles. The minimum absolute atomic E-state index is 0.187. The van der Waals surface area contributed by atoms with Crippen LogP contribution in [-0.4, -0.2) is 23.5 Å². The normalized spacial score (nSPS) is 20.6. The highest BCUT2D eigenvalue weighted by Gasteiger charge is 2.16. The smallest absolute Gasteiger partial charge is 0.0641 e. The van der Waals surface area contributed by atoms with Crippen LogP contribution in [0.25, 0.3) is 0 Å². The van der Waals surface area contributed by atoms with E-state index in [-0.39, 0.29) is 12.6 Å². The number of anilines is 1. The molecule has 13 heavy (non-hydrogen) atoms. The van der Waals surface area contributed by atoms with Gasteiger partial charge in [0.25, 0.3) is 0 Å². The van der Waals surface area contributed by atoms with Crippen molar-refractivity contribution in [2.75, 3.05) is 17.7 Å². The van der Waals surface area contributed by atoms with Crippen LogP contribution in [0.2, 0.25) is 0 Å². The van der Waals surface area contributed by atoms with E-state index >= 15 is 0 Å². The highest BCUT2D eigenvalue weighted by Crippen LogP contribution is 2.34. The quantitative estimate of drug-likeness (QED) is 0.812. The van der Waals surface area contributed by atoms with Gasteiger partial charge in [-0.25, -0.2) is 0 Å². The summed E-state index contributed by atoms with van der Waals surface area (Å²) < 4.78 is 1.07. The summed E-state index contributed by atoms with van der Waals surface area (Å²) in [5.74, 6) is 0.936. The van der Waals surface area contributed by atoms with Crippen LogP contribution >= 0.6 is 27.7 Å². The second-order valence-electron chi connectivity index (χ2n) is 2.98. The lowest BCUT2D eigenvalue weighted by atomic mass is 10.2. The van der Waals surface area contributed by atoms with Crippen LogP contribution in [0, 0.1) is 0 Å². The van der Waals surface area contributed by atoms with E-state index in [2.05, 4.69) is 27.3 Å². The molecule has 1 aromatic rings. The fourth-order valence-corrected chi connectivity index (χ4v) is 2.66. The molecular formula is C9H10BrNOS. The third-order valence-corrected chi connectivity index (χ3v) is 3.69. The SMILES string of the molecule is OCC1CSc2ccc(Br)cc2N1. The van der Waals surface area contributed by atoms with E-state index in [1.807, 2.05) is 12.1 Å². The summed E-state index contributed by atoms with van der Waals surface area (Å²) in [5, 5.41) is 12.3. The maximum atomic E-state index is 9.00. The van der Waals surface area contributed by atoms with Crippen molar-refractivity contribution >= 4 is 33.4 Å². The summed E-state index contributed by atoms with van der Waals surface area (Å²) in [7, 11) is 0. The number of aliphatic hydroxyl groups excluding tert-OH is 1. The van der Waals surface area contributed by atoms with Crippen molar-refractivity contribution in [2.24, 2.45) is 0 Å². The first-order valence-electron chi connectivity index (χ1n) is 4.09. The van der Waals surface area contributed by atoms with Gasteiger partial charge in [-0.05, 0) is 18.2 Å². The van der Waals surface area contributed by atoms with Crippen molar-refractivity contribution in [3.63, 3.8) is 0 Å². The van der Waals surface area contributed by atoms with Crippen LogP contribution in [0.4, 0.5) is 5.69 Å². The van der Waals surface area contributed by atoms with E-state index in [1.54, 1.807) is 11.8 Å². The Balaban J connectivity index is 2.27. The first-order valence-corrected chi connectivity index (χ1v) is 5.87. The minimum Gasteiger partial charge on any atom is -0.394 e. The van der Waals surface area contributed by atoms with E-state index in [0.717, 1.165) is 15.9 Å². The zero-order chi connectivity index (χ0) is 9.26. The lowest BCUT2D eigenvalue weighted by Crippen LogP contribution is -2.29. The zero-order valence-corrected chi connectivity index (χ0v) is 9.36. The van der Waals surface area contributed by atoms with Crippen molar-refractivity contribution < 1.29 is 5.11 Å². The molecule has 1 aliphatic rings. The first-order chi connectivity index (χ1) is 6.29. The maximum Gasteiger partial charge on any atom is 0.0641 e. The van der Waals surface area contributed by atoms with Crippen LogP contribution in [0.5, 0.6) is 0 Å². The molecule has 2 rings (SSSR count). The van der Waals surface area contributed by atoms with Gasteiger partial charge >= 0.3 is 0 Å². The Morgan fingerprint density at radius 1 is 1.62 bits per heavy atom. The lowest BCUT2D eigenvalue weighted by Gasteiger charge is -2.24. The third kappa shape index (κ3) is 2.00. The van der Waals surface area contributed by atoms with Gasteiger partial charge in [0.1, 0.15) is 0 Å². The van der Waals surface area contributed by atoms with Crippen molar-refractivity contribution in [3.05, 3.63) is 22.7 Å². The molecule has 1 aromatic carbocycles. The van der Waals surface area contributed by atoms with Crippen LogP contribution in [0.3, 0.4) is 0 Å². The van der Waals surface area contributed by atoms with Gasteiger partial charge in [0.15, 0.2) is 0 Å². The fraction of sp³-hybridized carbons (Fsp3) is 0.333. The molecule has 0 aromatic heterocycles. The molecule has 4 heteroatoms.